The molecular formula is C16H19BrN2O2. The maximum absolute atomic E-state index is 12.2. The summed E-state index contributed by atoms with van der Waals surface area (Å²) >= 11 is 3.49. The Labute approximate surface area is 132 Å². The molecule has 0 aliphatic carbocycles. The number of benzene rings is 1. The van der Waals surface area contributed by atoms with Crippen molar-refractivity contribution in [3.8, 4) is 0 Å². The highest BCUT2D eigenvalue weighted by Gasteiger charge is 2.29. The van der Waals surface area contributed by atoms with E-state index in [0.717, 1.165) is 9.99 Å². The number of rotatable bonds is 1. The van der Waals surface area contributed by atoms with E-state index in [9.17, 15) is 4.79 Å². The molecule has 2 aromatic rings. The van der Waals surface area contributed by atoms with Gasteiger partial charge in [-0.3, -0.25) is 10.1 Å². The molecule has 1 N–H and O–H groups in total. The SMILES string of the molecule is CC(C)(C)OC(=O)C1Cn2c(cc3cc(Br)ccc32)CN1. The van der Waals surface area contributed by atoms with E-state index in [-0.39, 0.29) is 12.0 Å². The Bertz CT molecular complexity index is 700. The average Bonchev–Trinajstić information content (AvgIpc) is 2.72. The highest BCUT2D eigenvalue weighted by atomic mass is 79.9. The van der Waals surface area contributed by atoms with E-state index in [1.54, 1.807) is 0 Å². The topological polar surface area (TPSA) is 43.3 Å². The summed E-state index contributed by atoms with van der Waals surface area (Å²) in [6.45, 7) is 6.96. The molecule has 3 rings (SSSR count). The lowest BCUT2D eigenvalue weighted by Crippen LogP contribution is -2.46. The van der Waals surface area contributed by atoms with Gasteiger partial charge in [0.15, 0.2) is 0 Å². The zero-order valence-corrected chi connectivity index (χ0v) is 14.0. The lowest BCUT2D eigenvalue weighted by Gasteiger charge is -2.28. The van der Waals surface area contributed by atoms with Gasteiger partial charge >= 0.3 is 5.97 Å². The van der Waals surface area contributed by atoms with Crippen LogP contribution in [0.1, 0.15) is 26.5 Å². The van der Waals surface area contributed by atoms with Crippen LogP contribution in [0.3, 0.4) is 0 Å². The Hall–Kier alpha value is -1.33. The van der Waals surface area contributed by atoms with Gasteiger partial charge in [-0.25, -0.2) is 0 Å². The van der Waals surface area contributed by atoms with Crippen LogP contribution in [0.4, 0.5) is 0 Å². The third-order valence-corrected chi connectivity index (χ3v) is 4.03. The number of ether oxygens (including phenoxy) is 1. The van der Waals surface area contributed by atoms with Crippen LogP contribution in [0.25, 0.3) is 10.9 Å². The van der Waals surface area contributed by atoms with Crippen molar-refractivity contribution in [2.75, 3.05) is 0 Å². The summed E-state index contributed by atoms with van der Waals surface area (Å²) in [5, 5.41) is 4.45. The summed E-state index contributed by atoms with van der Waals surface area (Å²) in [5.41, 5.74) is 1.90. The molecule has 1 atom stereocenters. The Morgan fingerprint density at radius 3 is 2.86 bits per heavy atom. The van der Waals surface area contributed by atoms with Gasteiger partial charge < -0.3 is 9.30 Å². The summed E-state index contributed by atoms with van der Waals surface area (Å²) in [4.78, 5) is 12.2. The zero-order valence-electron chi connectivity index (χ0n) is 12.4. The van der Waals surface area contributed by atoms with Gasteiger partial charge in [-0.2, -0.15) is 0 Å². The third-order valence-electron chi connectivity index (χ3n) is 3.54. The first-order valence-corrected chi connectivity index (χ1v) is 7.87. The van der Waals surface area contributed by atoms with E-state index in [1.165, 1.54) is 11.1 Å². The molecule has 5 heteroatoms. The maximum Gasteiger partial charge on any atom is 0.325 e. The first-order valence-electron chi connectivity index (χ1n) is 7.07. The van der Waals surface area contributed by atoms with Crippen molar-refractivity contribution in [3.63, 3.8) is 0 Å². The van der Waals surface area contributed by atoms with Gasteiger partial charge in [-0.1, -0.05) is 15.9 Å². The molecule has 2 heterocycles. The maximum atomic E-state index is 12.2. The molecule has 1 aliphatic rings. The smallest absolute Gasteiger partial charge is 0.325 e. The van der Waals surface area contributed by atoms with Crippen molar-refractivity contribution in [1.29, 1.82) is 0 Å². The van der Waals surface area contributed by atoms with Gasteiger partial charge in [0.2, 0.25) is 0 Å². The quantitative estimate of drug-likeness (QED) is 0.803. The minimum absolute atomic E-state index is 0.188. The van der Waals surface area contributed by atoms with Gasteiger partial charge in [0, 0.05) is 34.2 Å². The summed E-state index contributed by atoms with van der Waals surface area (Å²) < 4.78 is 8.74. The molecule has 0 spiro atoms. The Balaban J connectivity index is 1.88. The van der Waals surface area contributed by atoms with E-state index < -0.39 is 5.60 Å². The molecule has 1 aliphatic heterocycles. The van der Waals surface area contributed by atoms with Gasteiger partial charge in [0.1, 0.15) is 11.6 Å². The van der Waals surface area contributed by atoms with Crippen LogP contribution in [-0.2, 0) is 22.6 Å². The Kier molecular flexibility index (Phi) is 3.58. The lowest BCUT2D eigenvalue weighted by molar-refractivity contribution is -0.158. The predicted molar refractivity (Wildman–Crippen MR) is 86.1 cm³/mol. The second kappa shape index (κ2) is 5.14. The summed E-state index contributed by atoms with van der Waals surface area (Å²) in [6, 6.07) is 8.08. The highest BCUT2D eigenvalue weighted by molar-refractivity contribution is 9.10. The van der Waals surface area contributed by atoms with Gasteiger partial charge in [-0.05, 0) is 45.0 Å². The molecule has 0 radical (unpaired) electrons. The van der Waals surface area contributed by atoms with Crippen molar-refractivity contribution in [2.24, 2.45) is 0 Å². The van der Waals surface area contributed by atoms with Crippen LogP contribution in [0.15, 0.2) is 28.7 Å². The second-order valence-corrected chi connectivity index (χ2v) is 7.33. The number of fused-ring (bicyclic) bond motifs is 3. The fourth-order valence-electron chi connectivity index (χ4n) is 2.67. The molecule has 0 fully saturated rings. The molecule has 21 heavy (non-hydrogen) atoms. The van der Waals surface area contributed by atoms with Crippen LogP contribution in [0.2, 0.25) is 0 Å². The lowest BCUT2D eigenvalue weighted by atomic mass is 10.1. The molecular weight excluding hydrogens is 332 g/mol. The number of nitrogens with one attached hydrogen (secondary N) is 1. The van der Waals surface area contributed by atoms with Crippen molar-refractivity contribution in [2.45, 2.75) is 45.5 Å². The summed E-state index contributed by atoms with van der Waals surface area (Å²) in [6.07, 6.45) is 0. The largest absolute Gasteiger partial charge is 0.459 e. The highest BCUT2D eigenvalue weighted by Crippen LogP contribution is 2.26. The van der Waals surface area contributed by atoms with E-state index in [1.807, 2.05) is 26.8 Å². The number of aromatic nitrogens is 1. The molecule has 112 valence electrons. The molecule has 1 aromatic carbocycles. The minimum Gasteiger partial charge on any atom is -0.459 e. The predicted octanol–water partition coefficient (Wildman–Crippen LogP) is 3.22. The van der Waals surface area contributed by atoms with Crippen LogP contribution in [0, 0.1) is 0 Å². The number of carbonyl (C=O) groups is 1. The summed E-state index contributed by atoms with van der Waals surface area (Å²) in [5.74, 6) is -0.188. The van der Waals surface area contributed by atoms with E-state index >= 15 is 0 Å². The van der Waals surface area contributed by atoms with Crippen molar-refractivity contribution in [3.05, 3.63) is 34.4 Å². The molecule has 0 bridgehead atoms. The third kappa shape index (κ3) is 2.99. The normalized spacial score (nSPS) is 18.6. The minimum atomic E-state index is -0.456. The van der Waals surface area contributed by atoms with E-state index in [4.69, 9.17) is 4.74 Å². The number of halogens is 1. The molecule has 1 aromatic heterocycles. The van der Waals surface area contributed by atoms with E-state index in [0.29, 0.717) is 13.1 Å². The fourth-order valence-corrected chi connectivity index (χ4v) is 3.05. The fraction of sp³-hybridized carbons (Fsp3) is 0.438. The van der Waals surface area contributed by atoms with Crippen LogP contribution in [0.5, 0.6) is 0 Å². The van der Waals surface area contributed by atoms with Gasteiger partial charge in [-0.15, -0.1) is 0 Å². The van der Waals surface area contributed by atoms with Crippen LogP contribution in [-0.4, -0.2) is 22.2 Å². The second-order valence-electron chi connectivity index (χ2n) is 6.42. The van der Waals surface area contributed by atoms with Crippen LogP contribution >= 0.6 is 15.9 Å². The number of nitrogens with zero attached hydrogens (tertiary/aromatic N) is 1. The number of carbonyl (C=O) groups excluding carboxylic acids is 1. The standard InChI is InChI=1S/C16H19BrN2O2/c1-16(2,3)21-15(20)13-9-19-12(8-18-13)7-10-6-11(17)4-5-14(10)19/h4-7,13,18H,8-9H2,1-3H3. The Morgan fingerprint density at radius 2 is 2.14 bits per heavy atom. The molecule has 4 nitrogen and oxygen atoms in total. The number of hydrogen-bond acceptors (Lipinski definition) is 3. The zero-order chi connectivity index (χ0) is 15.2. The van der Waals surface area contributed by atoms with Crippen molar-refractivity contribution < 1.29 is 9.53 Å². The van der Waals surface area contributed by atoms with Crippen molar-refractivity contribution in [1.82, 2.24) is 9.88 Å². The van der Waals surface area contributed by atoms with Gasteiger partial charge in [0.05, 0.1) is 0 Å². The monoisotopic (exact) mass is 350 g/mol. The molecule has 0 amide bonds. The number of hydrogen-bond donors (Lipinski definition) is 1. The molecule has 0 saturated carbocycles. The summed E-state index contributed by atoms with van der Waals surface area (Å²) in [7, 11) is 0. The number of esters is 1. The molecule has 1 unspecified atom stereocenters. The Morgan fingerprint density at radius 1 is 1.38 bits per heavy atom. The van der Waals surface area contributed by atoms with Gasteiger partial charge in [0.25, 0.3) is 0 Å². The van der Waals surface area contributed by atoms with Crippen LogP contribution < -0.4 is 5.32 Å². The van der Waals surface area contributed by atoms with E-state index in [2.05, 4.69) is 44.0 Å². The first-order chi connectivity index (χ1) is 9.83. The first kappa shape index (κ1) is 14.6. The van der Waals surface area contributed by atoms with Crippen molar-refractivity contribution >= 4 is 32.8 Å². The average molecular weight is 351 g/mol. The molecule has 0 saturated heterocycles.